The van der Waals surface area contributed by atoms with Crippen LogP contribution in [-0.2, 0) is 10.2 Å². The molecular weight excluding hydrogens is 526 g/mol. The minimum Gasteiger partial charge on any atom is -0.358 e. The average molecular weight is 548 g/mol. The number of nitrogens with one attached hydrogen (secondary N) is 1. The van der Waals surface area contributed by atoms with Crippen molar-refractivity contribution in [2.45, 2.75) is 17.5 Å². The number of carbonyl (C=O) groups is 3. The number of carbonyl (C=O) groups excluding carboxylic acids is 3. The van der Waals surface area contributed by atoms with Gasteiger partial charge in [-0.2, -0.15) is 0 Å². The number of ketones is 2. The predicted octanol–water partition coefficient (Wildman–Crippen LogP) is 5.64. The SMILES string of the molecule is O=C(c1ccc([N+](=O)[O-])cc1)[C@@H]1[C@H](C(=O)c2cccs2)N2C=Cc3ccccc3[C@H]2[C@]12C(=O)Nc1ccccc12. The lowest BCUT2D eigenvalue weighted by Gasteiger charge is -2.38. The van der Waals surface area contributed by atoms with Gasteiger partial charge in [0.05, 0.1) is 21.8 Å². The topological polar surface area (TPSA) is 110 Å². The number of nitro benzene ring substituents is 1. The average Bonchev–Trinajstić information content (AvgIpc) is 3.69. The number of fused-ring (bicyclic) bond motifs is 6. The number of Topliss-reactive ketones (excluding diaryl/α,β-unsaturated/α-hetero) is 2. The fourth-order valence-electron chi connectivity index (χ4n) is 6.66. The Bertz CT molecular complexity index is 1750. The van der Waals surface area contributed by atoms with Gasteiger partial charge in [0, 0.05) is 29.6 Å². The Morgan fingerprint density at radius 2 is 1.68 bits per heavy atom. The number of hydrogen-bond acceptors (Lipinski definition) is 7. The van der Waals surface area contributed by atoms with Crippen molar-refractivity contribution in [3.63, 3.8) is 0 Å². The van der Waals surface area contributed by atoms with E-state index >= 15 is 0 Å². The first kappa shape index (κ1) is 24.2. The van der Waals surface area contributed by atoms with Crippen LogP contribution >= 0.6 is 11.3 Å². The van der Waals surface area contributed by atoms with Gasteiger partial charge in [-0.25, -0.2) is 0 Å². The van der Waals surface area contributed by atoms with Gasteiger partial charge in [-0.15, -0.1) is 11.3 Å². The van der Waals surface area contributed by atoms with Gasteiger partial charge in [-0.1, -0.05) is 48.5 Å². The van der Waals surface area contributed by atoms with E-state index in [0.717, 1.165) is 11.1 Å². The summed E-state index contributed by atoms with van der Waals surface area (Å²) in [7, 11) is 0. The van der Waals surface area contributed by atoms with E-state index in [1.165, 1.54) is 35.6 Å². The predicted molar refractivity (Wildman–Crippen MR) is 150 cm³/mol. The molecule has 1 saturated heterocycles. The smallest absolute Gasteiger partial charge is 0.269 e. The fourth-order valence-corrected chi connectivity index (χ4v) is 7.36. The Hall–Kier alpha value is -4.89. The van der Waals surface area contributed by atoms with Crippen molar-refractivity contribution < 1.29 is 19.3 Å². The Morgan fingerprint density at radius 3 is 2.42 bits per heavy atom. The quantitative estimate of drug-likeness (QED) is 0.197. The lowest BCUT2D eigenvalue weighted by atomic mass is 9.63. The lowest BCUT2D eigenvalue weighted by Crippen LogP contribution is -2.49. The molecule has 1 N–H and O–H groups in total. The summed E-state index contributed by atoms with van der Waals surface area (Å²) in [6.45, 7) is 0. The van der Waals surface area contributed by atoms with Crippen molar-refractivity contribution >= 4 is 46.3 Å². The molecule has 4 aromatic rings. The van der Waals surface area contributed by atoms with E-state index in [2.05, 4.69) is 5.32 Å². The van der Waals surface area contributed by atoms with Crippen LogP contribution in [0.4, 0.5) is 11.4 Å². The van der Waals surface area contributed by atoms with Gasteiger partial charge in [-0.05, 0) is 52.4 Å². The summed E-state index contributed by atoms with van der Waals surface area (Å²) in [6.07, 6.45) is 3.73. The number of amides is 1. The summed E-state index contributed by atoms with van der Waals surface area (Å²) in [5.74, 6) is -2.14. The molecule has 1 amide bonds. The lowest BCUT2D eigenvalue weighted by molar-refractivity contribution is -0.384. The molecule has 1 fully saturated rings. The third-order valence-corrected chi connectivity index (χ3v) is 9.13. The number of hydrogen-bond donors (Lipinski definition) is 1. The molecule has 7 rings (SSSR count). The molecule has 3 aliphatic rings. The van der Waals surface area contributed by atoms with Crippen LogP contribution in [-0.4, -0.2) is 33.3 Å². The highest BCUT2D eigenvalue weighted by atomic mass is 32.1. The van der Waals surface area contributed by atoms with Gasteiger partial charge in [0.25, 0.3) is 5.69 Å². The van der Waals surface area contributed by atoms with Crippen LogP contribution in [0.25, 0.3) is 6.08 Å². The molecule has 196 valence electrons. The Kier molecular flexibility index (Phi) is 5.33. The molecule has 1 aromatic heterocycles. The first-order valence-electron chi connectivity index (χ1n) is 12.7. The zero-order chi connectivity index (χ0) is 27.6. The zero-order valence-corrected chi connectivity index (χ0v) is 21.7. The number of nitrogens with zero attached hydrogens (tertiary/aromatic N) is 2. The van der Waals surface area contributed by atoms with E-state index in [4.69, 9.17) is 0 Å². The van der Waals surface area contributed by atoms with Gasteiger partial charge in [-0.3, -0.25) is 24.5 Å². The molecule has 4 atom stereocenters. The van der Waals surface area contributed by atoms with Crippen molar-refractivity contribution in [1.29, 1.82) is 0 Å². The molecule has 0 unspecified atom stereocenters. The summed E-state index contributed by atoms with van der Waals surface area (Å²) >= 11 is 1.29. The van der Waals surface area contributed by atoms with Gasteiger partial charge in [0.1, 0.15) is 11.5 Å². The van der Waals surface area contributed by atoms with Gasteiger partial charge >= 0.3 is 0 Å². The highest BCUT2D eigenvalue weighted by Crippen LogP contribution is 2.62. The maximum Gasteiger partial charge on any atom is 0.269 e. The molecule has 0 aliphatic carbocycles. The second kappa shape index (κ2) is 8.82. The highest BCUT2D eigenvalue weighted by Gasteiger charge is 2.70. The monoisotopic (exact) mass is 547 g/mol. The molecule has 0 bridgehead atoms. The third kappa shape index (κ3) is 3.21. The van der Waals surface area contributed by atoms with E-state index in [0.29, 0.717) is 16.1 Å². The molecule has 3 aromatic carbocycles. The van der Waals surface area contributed by atoms with Crippen LogP contribution in [0, 0.1) is 16.0 Å². The molecule has 8 nitrogen and oxygen atoms in total. The van der Waals surface area contributed by atoms with Crippen molar-refractivity contribution in [1.82, 2.24) is 4.90 Å². The second-order valence-electron chi connectivity index (χ2n) is 10.1. The standard InChI is InChI=1S/C31H21N3O5S/c35-27(19-11-13-20(14-12-19)34(38)39)25-26(28(36)24-10-5-17-40-24)33-16-15-18-6-1-2-7-21(18)29(33)31(25)22-8-3-4-9-23(22)32-30(31)37/h1-17,25-26,29H,(H,32,37)/t25-,26+,29-,31+/m0/s1. The maximum atomic E-state index is 14.6. The van der Waals surface area contributed by atoms with E-state index in [-0.39, 0.29) is 22.9 Å². The van der Waals surface area contributed by atoms with Gasteiger partial charge in [0.2, 0.25) is 5.91 Å². The number of thiophene rings is 1. The number of benzene rings is 3. The molecule has 4 heterocycles. The van der Waals surface area contributed by atoms with Crippen molar-refractivity contribution in [3.05, 3.63) is 134 Å². The first-order chi connectivity index (χ1) is 19.4. The summed E-state index contributed by atoms with van der Waals surface area (Å²) in [5, 5.41) is 16.1. The molecule has 1 spiro atoms. The van der Waals surface area contributed by atoms with Gasteiger partial charge in [0.15, 0.2) is 11.6 Å². The largest absolute Gasteiger partial charge is 0.358 e. The van der Waals surface area contributed by atoms with Crippen molar-refractivity contribution in [2.75, 3.05) is 5.32 Å². The van der Waals surface area contributed by atoms with Crippen LogP contribution in [0.2, 0.25) is 0 Å². The molecule has 40 heavy (non-hydrogen) atoms. The van der Waals surface area contributed by atoms with E-state index in [9.17, 15) is 24.5 Å². The summed E-state index contributed by atoms with van der Waals surface area (Å²) in [5.41, 5.74) is 1.63. The number of non-ortho nitro benzene ring substituents is 1. The molecule has 3 aliphatic heterocycles. The Morgan fingerprint density at radius 1 is 0.925 bits per heavy atom. The van der Waals surface area contributed by atoms with E-state index in [1.54, 1.807) is 18.2 Å². The summed E-state index contributed by atoms with van der Waals surface area (Å²) in [4.78, 5) is 56.4. The number of nitro groups is 1. The minimum atomic E-state index is -1.44. The molecular formula is C31H21N3O5S. The second-order valence-corrected chi connectivity index (χ2v) is 11.0. The molecule has 9 heteroatoms. The number of anilines is 1. The van der Waals surface area contributed by atoms with Crippen molar-refractivity contribution in [2.24, 2.45) is 5.92 Å². The van der Waals surface area contributed by atoms with Gasteiger partial charge < -0.3 is 10.2 Å². The first-order valence-corrected chi connectivity index (χ1v) is 13.6. The summed E-state index contributed by atoms with van der Waals surface area (Å²) < 4.78 is 0. The third-order valence-electron chi connectivity index (χ3n) is 8.25. The van der Waals surface area contributed by atoms with Crippen LogP contribution in [0.1, 0.15) is 42.8 Å². The molecule has 0 saturated carbocycles. The van der Waals surface area contributed by atoms with E-state index < -0.39 is 34.1 Å². The zero-order valence-electron chi connectivity index (χ0n) is 20.9. The normalized spacial score (nSPS) is 23.9. The van der Waals surface area contributed by atoms with Crippen LogP contribution in [0.5, 0.6) is 0 Å². The number of rotatable bonds is 5. The highest BCUT2D eigenvalue weighted by molar-refractivity contribution is 7.12. The Labute approximate surface area is 232 Å². The van der Waals surface area contributed by atoms with E-state index in [1.807, 2.05) is 65.0 Å². The number of para-hydroxylation sites is 1. The minimum absolute atomic E-state index is 0.151. The van der Waals surface area contributed by atoms with Crippen LogP contribution in [0.3, 0.4) is 0 Å². The van der Waals surface area contributed by atoms with Crippen LogP contribution in [0.15, 0.2) is 96.5 Å². The van der Waals surface area contributed by atoms with Crippen LogP contribution < -0.4 is 5.32 Å². The maximum absolute atomic E-state index is 14.6. The van der Waals surface area contributed by atoms with Crippen molar-refractivity contribution in [3.8, 4) is 0 Å². The Balaban J connectivity index is 1.52. The molecule has 0 radical (unpaired) electrons. The fraction of sp³-hybridized carbons (Fsp3) is 0.129. The summed E-state index contributed by atoms with van der Waals surface area (Å²) in [6, 6.07) is 22.2.